The third-order valence-electron chi connectivity index (χ3n) is 5.19. The van der Waals surface area contributed by atoms with E-state index in [-0.39, 0.29) is 17.7 Å². The molecule has 29 heavy (non-hydrogen) atoms. The van der Waals surface area contributed by atoms with E-state index in [1.54, 1.807) is 0 Å². The van der Waals surface area contributed by atoms with E-state index in [2.05, 4.69) is 65.1 Å². The van der Waals surface area contributed by atoms with Crippen molar-refractivity contribution in [2.75, 3.05) is 5.75 Å². The first-order valence-electron chi connectivity index (χ1n) is 10.0. The normalized spacial score (nSPS) is 14.9. The topological polar surface area (TPSA) is 103 Å². The van der Waals surface area contributed by atoms with E-state index in [1.807, 2.05) is 0 Å². The molecule has 3 amide bonds. The minimum absolute atomic E-state index is 0.101. The van der Waals surface area contributed by atoms with Crippen molar-refractivity contribution in [1.82, 2.24) is 20.1 Å². The number of nitrogens with one attached hydrogen (secondary N) is 1. The molecule has 8 heteroatoms. The Bertz CT molecular complexity index is 864. The number of hydrogen-bond donors (Lipinski definition) is 2. The van der Waals surface area contributed by atoms with Crippen LogP contribution in [-0.4, -0.2) is 32.5 Å². The Morgan fingerprint density at radius 1 is 1.17 bits per heavy atom. The monoisotopic (exact) mass is 415 g/mol. The maximum atomic E-state index is 11.7. The van der Waals surface area contributed by atoms with Gasteiger partial charge in [0, 0.05) is 23.8 Å². The molecule has 156 valence electrons. The third kappa shape index (κ3) is 5.38. The summed E-state index contributed by atoms with van der Waals surface area (Å²) in [6, 6.07) is 8.10. The second kappa shape index (κ2) is 8.98. The Hall–Kier alpha value is -2.35. The van der Waals surface area contributed by atoms with Gasteiger partial charge in [-0.05, 0) is 23.8 Å². The van der Waals surface area contributed by atoms with Crippen LogP contribution in [0, 0.1) is 0 Å². The summed E-state index contributed by atoms with van der Waals surface area (Å²) in [6.45, 7) is 6.60. The Morgan fingerprint density at radius 3 is 2.41 bits per heavy atom. The second-order valence-electron chi connectivity index (χ2n) is 8.45. The first kappa shape index (κ1) is 21.4. The van der Waals surface area contributed by atoms with Crippen LogP contribution in [0.2, 0.25) is 0 Å². The first-order valence-corrected chi connectivity index (χ1v) is 11.0. The van der Waals surface area contributed by atoms with E-state index < -0.39 is 6.03 Å². The number of benzene rings is 1. The number of nitrogens with two attached hydrogens (primary N) is 1. The average molecular weight is 416 g/mol. The van der Waals surface area contributed by atoms with Crippen molar-refractivity contribution in [3.8, 4) is 11.4 Å². The fraction of sp³-hybridized carbons (Fsp3) is 0.524. The molecule has 2 aromatic rings. The van der Waals surface area contributed by atoms with Gasteiger partial charge in [0.15, 0.2) is 11.0 Å². The van der Waals surface area contributed by atoms with Crippen LogP contribution in [-0.2, 0) is 10.2 Å². The van der Waals surface area contributed by atoms with Crippen LogP contribution < -0.4 is 11.1 Å². The smallest absolute Gasteiger partial charge is 0.318 e. The predicted molar refractivity (Wildman–Crippen MR) is 115 cm³/mol. The van der Waals surface area contributed by atoms with Gasteiger partial charge < -0.3 is 5.73 Å². The average Bonchev–Trinajstić information content (AvgIpc) is 3.29. The number of carbonyl (C=O) groups excluding carboxylic acids is 2. The Balaban J connectivity index is 1.81. The lowest BCUT2D eigenvalue weighted by atomic mass is 9.86. The summed E-state index contributed by atoms with van der Waals surface area (Å²) in [5.74, 6) is 1.00. The van der Waals surface area contributed by atoms with E-state index >= 15 is 0 Å². The number of nitrogens with zero attached hydrogens (tertiary/aromatic N) is 3. The summed E-state index contributed by atoms with van der Waals surface area (Å²) in [6.07, 6.45) is 4.83. The third-order valence-corrected chi connectivity index (χ3v) is 6.13. The molecular weight excluding hydrogens is 386 g/mol. The predicted octanol–water partition coefficient (Wildman–Crippen LogP) is 4.03. The number of imide groups is 1. The summed E-state index contributed by atoms with van der Waals surface area (Å²) in [4.78, 5) is 22.4. The van der Waals surface area contributed by atoms with Gasteiger partial charge in [-0.1, -0.05) is 69.6 Å². The van der Waals surface area contributed by atoms with Crippen molar-refractivity contribution < 1.29 is 9.59 Å². The van der Waals surface area contributed by atoms with Crippen LogP contribution in [0.3, 0.4) is 0 Å². The summed E-state index contributed by atoms with van der Waals surface area (Å²) in [5, 5.41) is 11.8. The number of carbonyl (C=O) groups is 2. The van der Waals surface area contributed by atoms with Gasteiger partial charge in [0.1, 0.15) is 0 Å². The molecule has 1 saturated carbocycles. The summed E-state index contributed by atoms with van der Waals surface area (Å²) in [7, 11) is 0. The Kier molecular flexibility index (Phi) is 6.62. The molecule has 0 unspecified atom stereocenters. The minimum Gasteiger partial charge on any atom is -0.351 e. The van der Waals surface area contributed by atoms with E-state index in [4.69, 9.17) is 5.73 Å². The molecule has 1 aromatic carbocycles. The zero-order chi connectivity index (χ0) is 21.0. The highest BCUT2D eigenvalue weighted by Crippen LogP contribution is 2.37. The molecule has 1 heterocycles. The lowest BCUT2D eigenvalue weighted by molar-refractivity contribution is -0.119. The number of hydrogen-bond acceptors (Lipinski definition) is 5. The molecule has 0 bridgehead atoms. The maximum absolute atomic E-state index is 11.7. The highest BCUT2D eigenvalue weighted by molar-refractivity contribution is 7.99. The van der Waals surface area contributed by atoms with Gasteiger partial charge in [-0.15, -0.1) is 10.2 Å². The van der Waals surface area contributed by atoms with Crippen LogP contribution in [0.4, 0.5) is 4.79 Å². The zero-order valence-electron chi connectivity index (χ0n) is 17.3. The first-order chi connectivity index (χ1) is 13.8. The zero-order valence-corrected chi connectivity index (χ0v) is 18.1. The number of thioether (sulfide) groups is 1. The van der Waals surface area contributed by atoms with Gasteiger partial charge in [0.25, 0.3) is 0 Å². The van der Waals surface area contributed by atoms with Crippen molar-refractivity contribution in [2.24, 2.45) is 5.73 Å². The molecule has 0 atom stereocenters. The van der Waals surface area contributed by atoms with Crippen molar-refractivity contribution in [3.63, 3.8) is 0 Å². The summed E-state index contributed by atoms with van der Waals surface area (Å²) >= 11 is 1.49. The second-order valence-corrected chi connectivity index (χ2v) is 9.51. The van der Waals surface area contributed by atoms with Gasteiger partial charge in [0.05, 0.1) is 0 Å². The lowest BCUT2D eigenvalue weighted by Crippen LogP contribution is -2.35. The van der Waals surface area contributed by atoms with Gasteiger partial charge in [-0.25, -0.2) is 4.79 Å². The van der Waals surface area contributed by atoms with Gasteiger partial charge in [-0.2, -0.15) is 0 Å². The molecule has 0 spiro atoms. The Morgan fingerprint density at radius 2 is 1.83 bits per heavy atom. The van der Waals surface area contributed by atoms with Crippen LogP contribution in [0.5, 0.6) is 0 Å². The SMILES string of the molecule is CC(C)(C)c1ccc(-c2nnc(SCCC(=O)NC(N)=O)n2C2CCCC2)cc1. The van der Waals surface area contributed by atoms with Gasteiger partial charge in [-0.3, -0.25) is 14.7 Å². The van der Waals surface area contributed by atoms with Crippen molar-refractivity contribution >= 4 is 23.7 Å². The molecule has 3 rings (SSSR count). The summed E-state index contributed by atoms with van der Waals surface area (Å²) in [5.41, 5.74) is 7.42. The van der Waals surface area contributed by atoms with Crippen molar-refractivity contribution in [2.45, 2.75) is 69.5 Å². The number of urea groups is 1. The molecule has 0 radical (unpaired) electrons. The Labute approximate surface area is 175 Å². The highest BCUT2D eigenvalue weighted by atomic mass is 32.2. The molecule has 1 aliphatic carbocycles. The van der Waals surface area contributed by atoms with Crippen LogP contribution >= 0.6 is 11.8 Å². The number of primary amides is 1. The summed E-state index contributed by atoms with van der Waals surface area (Å²) < 4.78 is 2.23. The standard InChI is InChI=1S/C21H29N5O2S/c1-21(2,3)15-10-8-14(9-11-15)18-24-25-20(26(18)16-6-4-5-7-16)29-13-12-17(27)23-19(22)28/h8-11,16H,4-7,12-13H2,1-3H3,(H3,22,23,27,28). The van der Waals surface area contributed by atoms with Crippen molar-refractivity contribution in [3.05, 3.63) is 29.8 Å². The highest BCUT2D eigenvalue weighted by Gasteiger charge is 2.25. The van der Waals surface area contributed by atoms with Crippen LogP contribution in [0.25, 0.3) is 11.4 Å². The molecule has 1 fully saturated rings. The van der Waals surface area contributed by atoms with Crippen molar-refractivity contribution in [1.29, 1.82) is 0 Å². The van der Waals surface area contributed by atoms with E-state index in [0.29, 0.717) is 11.8 Å². The fourth-order valence-corrected chi connectivity index (χ4v) is 4.56. The quantitative estimate of drug-likeness (QED) is 0.693. The lowest BCUT2D eigenvalue weighted by Gasteiger charge is -2.20. The largest absolute Gasteiger partial charge is 0.351 e. The van der Waals surface area contributed by atoms with Gasteiger partial charge >= 0.3 is 6.03 Å². The number of aromatic nitrogens is 3. The molecule has 0 aliphatic heterocycles. The fourth-order valence-electron chi connectivity index (χ4n) is 3.62. The van der Waals surface area contributed by atoms with Gasteiger partial charge in [0.2, 0.25) is 5.91 Å². The van der Waals surface area contributed by atoms with E-state index in [1.165, 1.54) is 30.2 Å². The minimum atomic E-state index is -0.824. The van der Waals surface area contributed by atoms with Crippen LogP contribution in [0.15, 0.2) is 29.4 Å². The maximum Gasteiger partial charge on any atom is 0.318 e. The molecular formula is C21H29N5O2S. The molecule has 7 nitrogen and oxygen atoms in total. The molecule has 0 saturated heterocycles. The van der Waals surface area contributed by atoms with E-state index in [9.17, 15) is 9.59 Å². The number of rotatable bonds is 6. The van der Waals surface area contributed by atoms with Crippen LogP contribution in [0.1, 0.15) is 64.5 Å². The van der Waals surface area contributed by atoms with E-state index in [0.717, 1.165) is 29.4 Å². The number of amides is 3. The molecule has 1 aliphatic rings. The molecule has 1 aromatic heterocycles. The molecule has 3 N–H and O–H groups in total.